The van der Waals surface area contributed by atoms with Crippen LogP contribution in [0.1, 0.15) is 15.9 Å². The first-order chi connectivity index (χ1) is 10.7. The van der Waals surface area contributed by atoms with Gasteiger partial charge in [-0.05, 0) is 42.8 Å². The van der Waals surface area contributed by atoms with Crippen molar-refractivity contribution in [1.29, 1.82) is 0 Å². The van der Waals surface area contributed by atoms with Crippen molar-refractivity contribution in [3.8, 4) is 5.75 Å². The largest absolute Gasteiger partial charge is 0.495 e. The highest BCUT2D eigenvalue weighted by molar-refractivity contribution is 7.92. The molecule has 0 atom stereocenters. The Balaban J connectivity index is 2.40. The first-order valence-corrected chi connectivity index (χ1v) is 8.31. The summed E-state index contributed by atoms with van der Waals surface area (Å²) >= 11 is 5.94. The zero-order valence-corrected chi connectivity index (χ0v) is 13.9. The van der Waals surface area contributed by atoms with Gasteiger partial charge < -0.3 is 9.84 Å². The van der Waals surface area contributed by atoms with E-state index in [4.69, 9.17) is 21.4 Å². The lowest BCUT2D eigenvalue weighted by atomic mass is 10.1. The van der Waals surface area contributed by atoms with Crippen molar-refractivity contribution < 1.29 is 23.1 Å². The number of ether oxygens (including phenoxy) is 1. The number of nitrogens with one attached hydrogen (secondary N) is 1. The Morgan fingerprint density at radius 1 is 1.22 bits per heavy atom. The van der Waals surface area contributed by atoms with Crippen LogP contribution in [0, 0.1) is 6.92 Å². The number of hydrogen-bond acceptors (Lipinski definition) is 4. The number of aryl methyl sites for hydroxylation is 1. The summed E-state index contributed by atoms with van der Waals surface area (Å²) in [6.45, 7) is 1.67. The van der Waals surface area contributed by atoms with Crippen LogP contribution in [0.25, 0.3) is 0 Å². The third-order valence-electron chi connectivity index (χ3n) is 3.16. The van der Waals surface area contributed by atoms with Gasteiger partial charge in [0, 0.05) is 0 Å². The third kappa shape index (κ3) is 3.75. The zero-order chi connectivity index (χ0) is 17.2. The van der Waals surface area contributed by atoms with Gasteiger partial charge in [-0.15, -0.1) is 0 Å². The second kappa shape index (κ2) is 6.47. The van der Waals surface area contributed by atoms with Crippen molar-refractivity contribution in [2.75, 3.05) is 11.8 Å². The summed E-state index contributed by atoms with van der Waals surface area (Å²) in [6, 6.07) is 8.25. The number of carboxylic acid groups (broad SMARTS) is 1. The summed E-state index contributed by atoms with van der Waals surface area (Å²) < 4.78 is 32.2. The summed E-state index contributed by atoms with van der Waals surface area (Å²) in [5, 5.41) is 9.16. The van der Waals surface area contributed by atoms with Gasteiger partial charge in [0.05, 0.1) is 28.3 Å². The minimum Gasteiger partial charge on any atom is -0.495 e. The lowest BCUT2D eigenvalue weighted by Gasteiger charge is -2.12. The van der Waals surface area contributed by atoms with Crippen molar-refractivity contribution >= 4 is 33.3 Å². The van der Waals surface area contributed by atoms with Crippen molar-refractivity contribution in [2.24, 2.45) is 0 Å². The molecule has 122 valence electrons. The highest BCUT2D eigenvalue weighted by Crippen LogP contribution is 2.28. The molecular formula is C15H14ClNO5S. The van der Waals surface area contributed by atoms with Crippen molar-refractivity contribution in [2.45, 2.75) is 11.8 Å². The number of hydrogen-bond donors (Lipinski definition) is 2. The standard InChI is InChI=1S/C15H14ClNO5S/c1-9-3-4-10(15(18)19)7-13(9)17-23(20,21)11-5-6-14(22-2)12(16)8-11/h3-8,17H,1-2H3,(H,18,19). The highest BCUT2D eigenvalue weighted by atomic mass is 35.5. The number of aromatic carboxylic acids is 1. The number of methoxy groups -OCH3 is 1. The molecule has 0 aromatic heterocycles. The van der Waals surface area contributed by atoms with Gasteiger partial charge in [0.1, 0.15) is 5.75 Å². The Kier molecular flexibility index (Phi) is 4.82. The fourth-order valence-corrected chi connectivity index (χ4v) is 3.35. The first-order valence-electron chi connectivity index (χ1n) is 6.45. The number of benzene rings is 2. The molecule has 0 amide bonds. The van der Waals surface area contributed by atoms with Crippen LogP contribution in [0.5, 0.6) is 5.75 Å². The van der Waals surface area contributed by atoms with E-state index >= 15 is 0 Å². The van der Waals surface area contributed by atoms with Crippen LogP contribution < -0.4 is 9.46 Å². The van der Waals surface area contributed by atoms with E-state index in [0.717, 1.165) is 0 Å². The van der Waals surface area contributed by atoms with Crippen LogP contribution in [0.15, 0.2) is 41.3 Å². The smallest absolute Gasteiger partial charge is 0.335 e. The summed E-state index contributed by atoms with van der Waals surface area (Å²) in [5.41, 5.74) is 0.774. The van der Waals surface area contributed by atoms with Crippen LogP contribution in [-0.2, 0) is 10.0 Å². The van der Waals surface area contributed by atoms with Gasteiger partial charge in [0.15, 0.2) is 0 Å². The molecule has 0 aliphatic heterocycles. The van der Waals surface area contributed by atoms with Crippen LogP contribution in [0.3, 0.4) is 0 Å². The maximum atomic E-state index is 12.4. The number of halogens is 1. The average molecular weight is 356 g/mol. The molecule has 0 saturated heterocycles. The second-order valence-corrected chi connectivity index (χ2v) is 6.83. The monoisotopic (exact) mass is 355 g/mol. The lowest BCUT2D eigenvalue weighted by Crippen LogP contribution is -2.14. The molecule has 8 heteroatoms. The second-order valence-electron chi connectivity index (χ2n) is 4.74. The van der Waals surface area contributed by atoms with E-state index in [1.54, 1.807) is 6.92 Å². The Bertz CT molecular complexity index is 864. The van der Waals surface area contributed by atoms with Crippen LogP contribution in [0.2, 0.25) is 5.02 Å². The fraction of sp³-hybridized carbons (Fsp3) is 0.133. The van der Waals surface area contributed by atoms with Crippen molar-refractivity contribution in [3.63, 3.8) is 0 Å². The molecule has 2 N–H and O–H groups in total. The summed E-state index contributed by atoms with van der Waals surface area (Å²) in [5.74, 6) is -0.785. The SMILES string of the molecule is COc1ccc(S(=O)(=O)Nc2cc(C(=O)O)ccc2C)cc1Cl. The number of anilines is 1. The van der Waals surface area contributed by atoms with Gasteiger partial charge in [-0.2, -0.15) is 0 Å². The summed E-state index contributed by atoms with van der Waals surface area (Å²) in [7, 11) is -2.48. The van der Waals surface area contributed by atoms with E-state index in [0.29, 0.717) is 11.3 Å². The molecule has 0 saturated carbocycles. The quantitative estimate of drug-likeness (QED) is 0.859. The predicted octanol–water partition coefficient (Wildman–Crippen LogP) is 3.16. The van der Waals surface area contributed by atoms with Crippen LogP contribution in [-0.4, -0.2) is 26.6 Å². The molecule has 0 radical (unpaired) electrons. The number of rotatable bonds is 5. The molecule has 2 aromatic carbocycles. The van der Waals surface area contributed by atoms with E-state index < -0.39 is 16.0 Å². The van der Waals surface area contributed by atoms with E-state index in [2.05, 4.69) is 4.72 Å². The number of carboxylic acids is 1. The predicted molar refractivity (Wildman–Crippen MR) is 87.0 cm³/mol. The molecule has 0 unspecified atom stereocenters. The van der Waals surface area contributed by atoms with Gasteiger partial charge in [0.2, 0.25) is 0 Å². The maximum absolute atomic E-state index is 12.4. The average Bonchev–Trinajstić information content (AvgIpc) is 2.49. The Labute approximate surface area is 138 Å². The van der Waals surface area contributed by atoms with Crippen molar-refractivity contribution in [1.82, 2.24) is 0 Å². The fourth-order valence-electron chi connectivity index (χ4n) is 1.88. The number of carbonyl (C=O) groups is 1. The molecule has 0 spiro atoms. The maximum Gasteiger partial charge on any atom is 0.335 e. The van der Waals surface area contributed by atoms with E-state index in [1.165, 1.54) is 43.5 Å². The Morgan fingerprint density at radius 3 is 2.48 bits per heavy atom. The van der Waals surface area contributed by atoms with Crippen LogP contribution in [0.4, 0.5) is 5.69 Å². The van der Waals surface area contributed by atoms with Gasteiger partial charge >= 0.3 is 5.97 Å². The van der Waals surface area contributed by atoms with Crippen LogP contribution >= 0.6 is 11.6 Å². The lowest BCUT2D eigenvalue weighted by molar-refractivity contribution is 0.0697. The third-order valence-corrected chi connectivity index (χ3v) is 4.82. The molecule has 2 aromatic rings. The minimum absolute atomic E-state index is 0.0129. The van der Waals surface area contributed by atoms with E-state index in [9.17, 15) is 13.2 Å². The van der Waals surface area contributed by atoms with Gasteiger partial charge in [-0.3, -0.25) is 4.72 Å². The molecule has 23 heavy (non-hydrogen) atoms. The number of sulfonamides is 1. The van der Waals surface area contributed by atoms with E-state index in [-0.39, 0.29) is 21.2 Å². The van der Waals surface area contributed by atoms with Gasteiger partial charge in [-0.1, -0.05) is 17.7 Å². The molecular weight excluding hydrogens is 342 g/mol. The molecule has 0 bridgehead atoms. The highest BCUT2D eigenvalue weighted by Gasteiger charge is 2.18. The van der Waals surface area contributed by atoms with E-state index in [1.807, 2.05) is 0 Å². The Morgan fingerprint density at radius 2 is 1.91 bits per heavy atom. The molecule has 0 fully saturated rings. The normalized spacial score (nSPS) is 11.1. The minimum atomic E-state index is -3.91. The zero-order valence-electron chi connectivity index (χ0n) is 12.3. The topological polar surface area (TPSA) is 92.7 Å². The van der Waals surface area contributed by atoms with Gasteiger partial charge in [0.25, 0.3) is 10.0 Å². The molecule has 6 nitrogen and oxygen atoms in total. The molecule has 0 aliphatic rings. The van der Waals surface area contributed by atoms with Crippen molar-refractivity contribution in [3.05, 3.63) is 52.5 Å². The summed E-state index contributed by atoms with van der Waals surface area (Å²) in [6.07, 6.45) is 0. The van der Waals surface area contributed by atoms with Gasteiger partial charge in [-0.25, -0.2) is 13.2 Å². The summed E-state index contributed by atoms with van der Waals surface area (Å²) in [4.78, 5) is 11.0. The first kappa shape index (κ1) is 17.1. The molecule has 0 aliphatic carbocycles. The Hall–Kier alpha value is -2.25. The molecule has 0 heterocycles. The molecule has 2 rings (SSSR count).